The normalized spacial score (nSPS) is 22.0. The van der Waals surface area contributed by atoms with Crippen LogP contribution in [0.2, 0.25) is 0 Å². The molecule has 0 spiro atoms. The molecule has 1 saturated heterocycles. The number of halogens is 1. The van der Waals surface area contributed by atoms with Gasteiger partial charge in [-0.3, -0.25) is 4.90 Å². The second-order valence-corrected chi connectivity index (χ2v) is 5.16. The van der Waals surface area contributed by atoms with Crippen LogP contribution in [0.1, 0.15) is 25.5 Å². The Balaban J connectivity index is 2.15. The summed E-state index contributed by atoms with van der Waals surface area (Å²) < 4.78 is 13.3. The first kappa shape index (κ1) is 12.5. The molecule has 1 unspecified atom stereocenters. The van der Waals surface area contributed by atoms with E-state index < -0.39 is 0 Å². The minimum atomic E-state index is -0.141. The molecule has 1 heterocycles. The molecule has 1 aliphatic heterocycles. The molecule has 0 bridgehead atoms. The molecule has 1 aromatic rings. The summed E-state index contributed by atoms with van der Waals surface area (Å²) in [6.07, 6.45) is 0. The number of rotatable bonds is 3. The van der Waals surface area contributed by atoms with E-state index in [-0.39, 0.29) is 5.82 Å². The van der Waals surface area contributed by atoms with E-state index in [9.17, 15) is 4.39 Å². The second kappa shape index (κ2) is 5.61. The third-order valence-corrected chi connectivity index (χ3v) is 3.19. The molecule has 1 fully saturated rings. The topological polar surface area (TPSA) is 15.3 Å². The van der Waals surface area contributed by atoms with Gasteiger partial charge >= 0.3 is 0 Å². The average molecular weight is 236 g/mol. The molecule has 0 radical (unpaired) electrons. The Morgan fingerprint density at radius 1 is 1.47 bits per heavy atom. The Hall–Kier alpha value is -0.930. The molecule has 1 aromatic carbocycles. The summed E-state index contributed by atoms with van der Waals surface area (Å²) in [5, 5.41) is 3.39. The summed E-state index contributed by atoms with van der Waals surface area (Å²) >= 11 is 0. The highest BCUT2D eigenvalue weighted by Gasteiger charge is 2.24. The minimum absolute atomic E-state index is 0.141. The minimum Gasteiger partial charge on any atom is -0.314 e. The molecule has 2 nitrogen and oxygen atoms in total. The Kier molecular flexibility index (Phi) is 4.13. The molecule has 3 heteroatoms. The van der Waals surface area contributed by atoms with Crippen molar-refractivity contribution in [2.75, 3.05) is 26.2 Å². The zero-order valence-corrected chi connectivity index (χ0v) is 10.6. The van der Waals surface area contributed by atoms with Crippen molar-refractivity contribution in [1.29, 1.82) is 0 Å². The monoisotopic (exact) mass is 236 g/mol. The van der Waals surface area contributed by atoms with Gasteiger partial charge in [-0.2, -0.15) is 0 Å². The standard InChI is InChI=1S/C14H21FN2/c1-11(2)10-17-7-6-16-9-14(17)12-4-3-5-13(15)8-12/h3-5,8,11,14,16H,6-7,9-10H2,1-2H3. The van der Waals surface area contributed by atoms with Gasteiger partial charge in [-0.1, -0.05) is 26.0 Å². The predicted molar refractivity (Wildman–Crippen MR) is 68.4 cm³/mol. The maximum Gasteiger partial charge on any atom is 0.123 e. The lowest BCUT2D eigenvalue weighted by Gasteiger charge is -2.37. The van der Waals surface area contributed by atoms with Crippen molar-refractivity contribution in [3.05, 3.63) is 35.6 Å². The molecular weight excluding hydrogens is 215 g/mol. The van der Waals surface area contributed by atoms with E-state index in [1.807, 2.05) is 6.07 Å². The molecule has 0 aliphatic carbocycles. The first-order valence-corrected chi connectivity index (χ1v) is 6.37. The van der Waals surface area contributed by atoms with E-state index in [1.165, 1.54) is 6.07 Å². The van der Waals surface area contributed by atoms with Crippen molar-refractivity contribution in [3.8, 4) is 0 Å². The zero-order chi connectivity index (χ0) is 12.3. The Labute approximate surface area is 103 Å². The lowest BCUT2D eigenvalue weighted by molar-refractivity contribution is 0.144. The van der Waals surface area contributed by atoms with E-state index >= 15 is 0 Å². The maximum absolute atomic E-state index is 13.3. The molecule has 1 atom stereocenters. The average Bonchev–Trinajstić information content (AvgIpc) is 2.29. The van der Waals surface area contributed by atoms with Gasteiger partial charge in [0.1, 0.15) is 5.82 Å². The summed E-state index contributed by atoms with van der Waals surface area (Å²) in [5.41, 5.74) is 1.08. The quantitative estimate of drug-likeness (QED) is 0.867. The molecule has 2 rings (SSSR count). The zero-order valence-electron chi connectivity index (χ0n) is 10.6. The molecule has 94 valence electrons. The molecular formula is C14H21FN2. The van der Waals surface area contributed by atoms with E-state index in [2.05, 4.69) is 24.1 Å². The van der Waals surface area contributed by atoms with Crippen molar-refractivity contribution in [1.82, 2.24) is 10.2 Å². The van der Waals surface area contributed by atoms with Crippen molar-refractivity contribution >= 4 is 0 Å². The Morgan fingerprint density at radius 3 is 3.00 bits per heavy atom. The molecule has 0 aromatic heterocycles. The van der Waals surface area contributed by atoms with Gasteiger partial charge in [-0.25, -0.2) is 4.39 Å². The van der Waals surface area contributed by atoms with Crippen LogP contribution in [0.25, 0.3) is 0 Å². The van der Waals surface area contributed by atoms with E-state index in [0.29, 0.717) is 12.0 Å². The number of nitrogens with one attached hydrogen (secondary N) is 1. The Morgan fingerprint density at radius 2 is 2.29 bits per heavy atom. The van der Waals surface area contributed by atoms with Crippen LogP contribution < -0.4 is 5.32 Å². The molecule has 1 N–H and O–H groups in total. The van der Waals surface area contributed by atoms with Gasteiger partial charge < -0.3 is 5.32 Å². The van der Waals surface area contributed by atoms with Gasteiger partial charge in [-0.05, 0) is 23.6 Å². The maximum atomic E-state index is 13.3. The highest BCUT2D eigenvalue weighted by atomic mass is 19.1. The van der Waals surface area contributed by atoms with Crippen molar-refractivity contribution in [3.63, 3.8) is 0 Å². The lowest BCUT2D eigenvalue weighted by atomic mass is 10.0. The van der Waals surface area contributed by atoms with Crippen LogP contribution in [0, 0.1) is 11.7 Å². The summed E-state index contributed by atoms with van der Waals surface area (Å²) in [5.74, 6) is 0.502. The largest absolute Gasteiger partial charge is 0.314 e. The number of hydrogen-bond donors (Lipinski definition) is 1. The number of hydrogen-bond acceptors (Lipinski definition) is 2. The van der Waals surface area contributed by atoms with E-state index in [1.54, 1.807) is 12.1 Å². The number of benzene rings is 1. The van der Waals surface area contributed by atoms with Gasteiger partial charge in [0.2, 0.25) is 0 Å². The van der Waals surface area contributed by atoms with Crippen molar-refractivity contribution < 1.29 is 4.39 Å². The van der Waals surface area contributed by atoms with Crippen LogP contribution >= 0.6 is 0 Å². The predicted octanol–water partition coefficient (Wildman–Crippen LogP) is 2.43. The van der Waals surface area contributed by atoms with Crippen molar-refractivity contribution in [2.45, 2.75) is 19.9 Å². The smallest absolute Gasteiger partial charge is 0.123 e. The third-order valence-electron chi connectivity index (χ3n) is 3.19. The van der Waals surface area contributed by atoms with Crippen LogP contribution in [-0.4, -0.2) is 31.1 Å². The van der Waals surface area contributed by atoms with Gasteiger partial charge in [-0.15, -0.1) is 0 Å². The number of nitrogens with zero attached hydrogens (tertiary/aromatic N) is 1. The second-order valence-electron chi connectivity index (χ2n) is 5.16. The van der Waals surface area contributed by atoms with Crippen LogP contribution in [0.5, 0.6) is 0 Å². The third kappa shape index (κ3) is 3.27. The van der Waals surface area contributed by atoms with Crippen LogP contribution in [0.4, 0.5) is 4.39 Å². The summed E-state index contributed by atoms with van der Waals surface area (Å²) in [4.78, 5) is 2.45. The molecule has 0 amide bonds. The summed E-state index contributed by atoms with van der Waals surface area (Å²) in [6.45, 7) is 8.51. The van der Waals surface area contributed by atoms with Gasteiger partial charge in [0, 0.05) is 32.2 Å². The lowest BCUT2D eigenvalue weighted by Crippen LogP contribution is -2.47. The van der Waals surface area contributed by atoms with Crippen LogP contribution in [0.3, 0.4) is 0 Å². The summed E-state index contributed by atoms with van der Waals surface area (Å²) in [7, 11) is 0. The highest BCUT2D eigenvalue weighted by molar-refractivity contribution is 5.21. The van der Waals surface area contributed by atoms with Gasteiger partial charge in [0.25, 0.3) is 0 Å². The Bertz CT molecular complexity index is 365. The van der Waals surface area contributed by atoms with Crippen molar-refractivity contribution in [2.24, 2.45) is 5.92 Å². The molecule has 0 saturated carbocycles. The van der Waals surface area contributed by atoms with E-state index in [0.717, 1.165) is 31.7 Å². The van der Waals surface area contributed by atoms with Gasteiger partial charge in [0.15, 0.2) is 0 Å². The first-order valence-electron chi connectivity index (χ1n) is 6.37. The SMILES string of the molecule is CC(C)CN1CCNCC1c1cccc(F)c1. The fourth-order valence-corrected chi connectivity index (χ4v) is 2.48. The fourth-order valence-electron chi connectivity index (χ4n) is 2.48. The summed E-state index contributed by atoms with van der Waals surface area (Å²) in [6, 6.07) is 7.29. The van der Waals surface area contributed by atoms with Crippen LogP contribution in [-0.2, 0) is 0 Å². The highest BCUT2D eigenvalue weighted by Crippen LogP contribution is 2.23. The molecule has 17 heavy (non-hydrogen) atoms. The van der Waals surface area contributed by atoms with Gasteiger partial charge in [0.05, 0.1) is 0 Å². The molecule has 1 aliphatic rings. The van der Waals surface area contributed by atoms with Crippen LogP contribution in [0.15, 0.2) is 24.3 Å². The number of piperazine rings is 1. The van der Waals surface area contributed by atoms with E-state index in [4.69, 9.17) is 0 Å². The fraction of sp³-hybridized carbons (Fsp3) is 0.571. The first-order chi connectivity index (χ1) is 8.16.